The molecule has 2 aliphatic heterocycles. The number of carbonyl (C=O) groups is 2. The number of likely N-dealkylation sites (tertiary alicyclic amines) is 1. The number of hydrogen-bond donors (Lipinski definition) is 3. The summed E-state index contributed by atoms with van der Waals surface area (Å²) in [5.74, 6) is -0.593. The first kappa shape index (κ1) is 36.7. The maximum atomic E-state index is 13.5. The van der Waals surface area contributed by atoms with Gasteiger partial charge in [0.15, 0.2) is 12.1 Å². The first-order valence-electron chi connectivity index (χ1n) is 18.0. The van der Waals surface area contributed by atoms with Crippen LogP contribution in [-0.2, 0) is 21.7 Å². The highest BCUT2D eigenvalue weighted by atomic mass is 35.5. The Morgan fingerprint density at radius 3 is 2.17 bits per heavy atom. The summed E-state index contributed by atoms with van der Waals surface area (Å²) in [6.45, 7) is 3.36. The van der Waals surface area contributed by atoms with Crippen LogP contribution >= 0.6 is 11.6 Å². The van der Waals surface area contributed by atoms with E-state index in [0.717, 1.165) is 22.3 Å². The van der Waals surface area contributed by atoms with E-state index in [1.54, 1.807) is 36.4 Å². The molecule has 0 bridgehead atoms. The summed E-state index contributed by atoms with van der Waals surface area (Å²) in [4.78, 5) is 27.8. The monoisotopic (exact) mass is 730 g/mol. The minimum atomic E-state index is -0.940. The number of amides is 1. The molecule has 8 nitrogen and oxygen atoms in total. The normalized spacial score (nSPS) is 21.5. The Hall–Kier alpha value is -4.67. The third kappa shape index (κ3) is 8.44. The molecular formula is C44H43ClN2O6. The number of halogens is 1. The minimum Gasteiger partial charge on any atom is -0.392 e. The molecule has 1 amide bonds. The second-order valence-corrected chi connectivity index (χ2v) is 14.4. The molecule has 7 rings (SSSR count). The summed E-state index contributed by atoms with van der Waals surface area (Å²) in [6.07, 6.45) is -0.415. The average Bonchev–Trinajstić information content (AvgIpc) is 3.19. The lowest BCUT2D eigenvalue weighted by Gasteiger charge is -2.46. The van der Waals surface area contributed by atoms with Gasteiger partial charge in [0.05, 0.1) is 24.4 Å². The number of Topliss-reactive ketones (excluding diaryl/α,β-unsaturated/α-hetero) is 1. The highest BCUT2D eigenvalue weighted by molar-refractivity contribution is 6.30. The lowest BCUT2D eigenvalue weighted by Crippen LogP contribution is -2.49. The molecule has 2 heterocycles. The second kappa shape index (κ2) is 16.1. The third-order valence-corrected chi connectivity index (χ3v) is 10.7. The number of rotatable bonds is 10. The van der Waals surface area contributed by atoms with Crippen LogP contribution in [0.3, 0.4) is 0 Å². The van der Waals surface area contributed by atoms with E-state index in [-0.39, 0.29) is 30.3 Å². The number of piperidine rings is 1. The first-order valence-corrected chi connectivity index (χ1v) is 18.4. The lowest BCUT2D eigenvalue weighted by atomic mass is 9.81. The van der Waals surface area contributed by atoms with E-state index in [0.29, 0.717) is 59.9 Å². The van der Waals surface area contributed by atoms with E-state index in [9.17, 15) is 19.8 Å². The van der Waals surface area contributed by atoms with Gasteiger partial charge in [-0.1, -0.05) is 103 Å². The van der Waals surface area contributed by atoms with Crippen molar-refractivity contribution < 1.29 is 29.3 Å². The Labute approximate surface area is 315 Å². The van der Waals surface area contributed by atoms with Gasteiger partial charge in [-0.2, -0.15) is 0 Å². The highest BCUT2D eigenvalue weighted by Crippen LogP contribution is 2.47. The van der Waals surface area contributed by atoms with Gasteiger partial charge in [-0.15, -0.1) is 0 Å². The fourth-order valence-electron chi connectivity index (χ4n) is 7.42. The first-order chi connectivity index (χ1) is 25.7. The fourth-order valence-corrected chi connectivity index (χ4v) is 7.55. The average molecular weight is 731 g/mol. The van der Waals surface area contributed by atoms with Crippen molar-refractivity contribution in [1.82, 2.24) is 4.90 Å². The number of anilines is 1. The topological polar surface area (TPSA) is 108 Å². The van der Waals surface area contributed by atoms with Crippen molar-refractivity contribution in [3.05, 3.63) is 171 Å². The number of benzene rings is 5. The molecule has 4 atom stereocenters. The van der Waals surface area contributed by atoms with Crippen molar-refractivity contribution in [1.29, 1.82) is 0 Å². The fraction of sp³-hybridized carbons (Fsp3) is 0.273. The Bertz CT molecular complexity index is 2030. The molecule has 53 heavy (non-hydrogen) atoms. The van der Waals surface area contributed by atoms with Gasteiger partial charge in [0.1, 0.15) is 0 Å². The molecule has 5 aromatic rings. The summed E-state index contributed by atoms with van der Waals surface area (Å²) in [7, 11) is 0. The predicted molar refractivity (Wildman–Crippen MR) is 205 cm³/mol. The molecule has 0 aliphatic carbocycles. The maximum Gasteiger partial charge on any atom is 0.255 e. The largest absolute Gasteiger partial charge is 0.392 e. The van der Waals surface area contributed by atoms with Crippen LogP contribution in [-0.4, -0.2) is 52.5 Å². The van der Waals surface area contributed by atoms with Gasteiger partial charge in [0, 0.05) is 53.0 Å². The molecule has 2 saturated heterocycles. The van der Waals surface area contributed by atoms with E-state index in [4.69, 9.17) is 21.1 Å². The van der Waals surface area contributed by atoms with Gasteiger partial charge in [0.2, 0.25) is 0 Å². The van der Waals surface area contributed by atoms with Crippen molar-refractivity contribution in [2.75, 3.05) is 25.0 Å². The number of ether oxygens (including phenoxy) is 2. The predicted octanol–water partition coefficient (Wildman–Crippen LogP) is 8.21. The summed E-state index contributed by atoms with van der Waals surface area (Å²) in [5, 5.41) is 25.0. The summed E-state index contributed by atoms with van der Waals surface area (Å²) >= 11 is 6.14. The molecule has 0 aromatic heterocycles. The molecule has 0 saturated carbocycles. The SMILES string of the molecule is CC(=O)c1cccc(NC(=O)c2cccc(C3O[C@H](CN4CCC(O)(c5ccc(Cl)cc5)CC4)[C@@H](c4ccccc4)[C@H](c4ccc(CO)cc4)O3)c2)c1. The van der Waals surface area contributed by atoms with Crippen LogP contribution in [0.1, 0.15) is 86.6 Å². The third-order valence-electron chi connectivity index (χ3n) is 10.4. The number of nitrogens with zero attached hydrogens (tertiary/aromatic N) is 1. The molecule has 5 aromatic carbocycles. The van der Waals surface area contributed by atoms with Gasteiger partial charge in [-0.25, -0.2) is 0 Å². The number of hydrogen-bond acceptors (Lipinski definition) is 7. The zero-order valence-electron chi connectivity index (χ0n) is 29.5. The zero-order chi connectivity index (χ0) is 37.0. The number of ketones is 1. The van der Waals surface area contributed by atoms with Gasteiger partial charge < -0.3 is 29.9 Å². The van der Waals surface area contributed by atoms with Gasteiger partial charge in [-0.05, 0) is 78.4 Å². The Morgan fingerprint density at radius 2 is 1.47 bits per heavy atom. The highest BCUT2D eigenvalue weighted by Gasteiger charge is 2.44. The number of nitrogens with one attached hydrogen (secondary N) is 1. The van der Waals surface area contributed by atoms with Crippen molar-refractivity contribution in [2.24, 2.45) is 0 Å². The molecule has 1 unspecified atom stereocenters. The Balaban J connectivity index is 1.18. The molecule has 0 radical (unpaired) electrons. The minimum absolute atomic E-state index is 0.0620. The summed E-state index contributed by atoms with van der Waals surface area (Å²) in [5.41, 5.74) is 4.91. The summed E-state index contributed by atoms with van der Waals surface area (Å²) < 4.78 is 13.8. The van der Waals surface area contributed by atoms with Crippen LogP contribution in [0.4, 0.5) is 5.69 Å². The molecule has 2 aliphatic rings. The van der Waals surface area contributed by atoms with Crippen LogP contribution in [0, 0.1) is 0 Å². The van der Waals surface area contributed by atoms with E-state index in [1.165, 1.54) is 6.92 Å². The number of carbonyl (C=O) groups excluding carboxylic acids is 2. The van der Waals surface area contributed by atoms with E-state index in [1.807, 2.05) is 78.9 Å². The van der Waals surface area contributed by atoms with Crippen LogP contribution in [0.15, 0.2) is 127 Å². The molecule has 2 fully saturated rings. The molecule has 272 valence electrons. The van der Waals surface area contributed by atoms with Gasteiger partial charge in [-0.3, -0.25) is 9.59 Å². The quantitative estimate of drug-likeness (QED) is 0.124. The van der Waals surface area contributed by atoms with Crippen LogP contribution in [0.25, 0.3) is 0 Å². The van der Waals surface area contributed by atoms with Crippen molar-refractivity contribution in [2.45, 2.75) is 56.4 Å². The van der Waals surface area contributed by atoms with Crippen LogP contribution < -0.4 is 5.32 Å². The zero-order valence-corrected chi connectivity index (χ0v) is 30.3. The van der Waals surface area contributed by atoms with E-state index >= 15 is 0 Å². The smallest absolute Gasteiger partial charge is 0.255 e. The van der Waals surface area contributed by atoms with E-state index in [2.05, 4.69) is 22.3 Å². The van der Waals surface area contributed by atoms with Gasteiger partial charge >= 0.3 is 0 Å². The van der Waals surface area contributed by atoms with Crippen molar-refractivity contribution in [3.8, 4) is 0 Å². The van der Waals surface area contributed by atoms with Crippen LogP contribution in [0.2, 0.25) is 5.02 Å². The number of aliphatic hydroxyl groups excluding tert-OH is 1. The standard InChI is InChI=1S/C44H43ClN2O6/c1-29(49)33-9-6-12-38(26-33)46-42(50)34-10-5-11-35(25-34)43-52-39(27-47-23-21-44(51,22-24-47)36-17-19-37(45)20-18-36)40(31-7-3-2-4-8-31)41(53-43)32-15-13-30(28-48)14-16-32/h2-20,25-26,39-41,43,48,51H,21-24,27-28H2,1H3,(H,46,50)/t39-,40-,41+,43?/m1/s1. The molecule has 0 spiro atoms. The summed E-state index contributed by atoms with van der Waals surface area (Å²) in [6, 6.07) is 39.6. The van der Waals surface area contributed by atoms with Crippen molar-refractivity contribution >= 4 is 29.0 Å². The van der Waals surface area contributed by atoms with Crippen LogP contribution in [0.5, 0.6) is 0 Å². The second-order valence-electron chi connectivity index (χ2n) is 14.0. The molecular weight excluding hydrogens is 688 g/mol. The lowest BCUT2D eigenvalue weighted by molar-refractivity contribution is -0.264. The molecule has 9 heteroatoms. The number of aliphatic hydroxyl groups is 2. The Morgan fingerprint density at radius 1 is 0.792 bits per heavy atom. The molecule has 3 N–H and O–H groups in total. The Kier molecular flexibility index (Phi) is 11.2. The maximum absolute atomic E-state index is 13.5. The van der Waals surface area contributed by atoms with E-state index < -0.39 is 18.0 Å². The van der Waals surface area contributed by atoms with Gasteiger partial charge in [0.25, 0.3) is 5.91 Å². The van der Waals surface area contributed by atoms with Crippen molar-refractivity contribution in [3.63, 3.8) is 0 Å².